The van der Waals surface area contributed by atoms with Crippen molar-refractivity contribution in [3.63, 3.8) is 0 Å². The van der Waals surface area contributed by atoms with E-state index in [0.717, 1.165) is 12.8 Å². The van der Waals surface area contributed by atoms with Crippen molar-refractivity contribution >= 4 is 11.9 Å². The van der Waals surface area contributed by atoms with E-state index in [0.29, 0.717) is 6.04 Å². The second kappa shape index (κ2) is 6.30. The summed E-state index contributed by atoms with van der Waals surface area (Å²) in [5.74, 6) is -1.04. The van der Waals surface area contributed by atoms with E-state index in [9.17, 15) is 9.59 Å². The molecule has 0 heterocycles. The van der Waals surface area contributed by atoms with Crippen molar-refractivity contribution in [3.8, 4) is 0 Å². The van der Waals surface area contributed by atoms with Crippen molar-refractivity contribution in [2.24, 2.45) is 0 Å². The number of carbonyl (C=O) groups excluding carboxylic acids is 1. The molecule has 1 aliphatic rings. The van der Waals surface area contributed by atoms with Crippen LogP contribution in [0.1, 0.15) is 45.4 Å². The molecule has 90 valence electrons. The highest BCUT2D eigenvalue weighted by atomic mass is 16.4. The van der Waals surface area contributed by atoms with Gasteiger partial charge in [-0.2, -0.15) is 0 Å². The Labute approximate surface area is 95.7 Å². The molecule has 0 bridgehead atoms. The van der Waals surface area contributed by atoms with Crippen LogP contribution in [0.5, 0.6) is 0 Å². The average Bonchev–Trinajstić information content (AvgIpc) is 2.27. The molecule has 0 spiro atoms. The van der Waals surface area contributed by atoms with Crippen LogP contribution in [0.2, 0.25) is 0 Å². The van der Waals surface area contributed by atoms with Gasteiger partial charge in [0.1, 0.15) is 0 Å². The first kappa shape index (κ1) is 12.7. The molecular weight excluding hydrogens is 206 g/mol. The van der Waals surface area contributed by atoms with Gasteiger partial charge in [0.25, 0.3) is 0 Å². The van der Waals surface area contributed by atoms with Gasteiger partial charge < -0.3 is 10.4 Å². The van der Waals surface area contributed by atoms with Crippen LogP contribution in [-0.2, 0) is 9.59 Å². The molecular formula is C12H19NO3. The number of carboxylic acids is 1. The van der Waals surface area contributed by atoms with Crippen LogP contribution in [-0.4, -0.2) is 23.0 Å². The van der Waals surface area contributed by atoms with Crippen LogP contribution in [0.3, 0.4) is 0 Å². The summed E-state index contributed by atoms with van der Waals surface area (Å²) >= 11 is 0. The second-order valence-corrected chi connectivity index (χ2v) is 4.30. The first-order valence-corrected chi connectivity index (χ1v) is 5.79. The third kappa shape index (κ3) is 4.47. The Kier molecular flexibility index (Phi) is 5.02. The van der Waals surface area contributed by atoms with Crippen LogP contribution < -0.4 is 5.32 Å². The zero-order valence-corrected chi connectivity index (χ0v) is 9.66. The van der Waals surface area contributed by atoms with Gasteiger partial charge in [0.05, 0.1) is 0 Å². The Morgan fingerprint density at radius 1 is 1.31 bits per heavy atom. The Hall–Kier alpha value is -1.32. The highest BCUT2D eigenvalue weighted by molar-refractivity contribution is 5.87. The normalized spacial score (nSPS) is 18.2. The molecule has 0 saturated heterocycles. The molecule has 0 unspecified atom stereocenters. The fourth-order valence-electron chi connectivity index (χ4n) is 1.87. The molecule has 0 aliphatic heterocycles. The SMILES string of the molecule is C/C(=C\CC(=O)NC1CCCCC1)C(=O)O. The minimum atomic E-state index is -0.967. The van der Waals surface area contributed by atoms with Gasteiger partial charge in [-0.25, -0.2) is 4.79 Å². The Morgan fingerprint density at radius 3 is 2.50 bits per heavy atom. The fourth-order valence-corrected chi connectivity index (χ4v) is 1.87. The molecule has 0 radical (unpaired) electrons. The maximum Gasteiger partial charge on any atom is 0.330 e. The van der Waals surface area contributed by atoms with E-state index in [1.807, 2.05) is 0 Å². The van der Waals surface area contributed by atoms with Gasteiger partial charge in [-0.3, -0.25) is 4.79 Å². The minimum Gasteiger partial charge on any atom is -0.478 e. The summed E-state index contributed by atoms with van der Waals surface area (Å²) in [6.45, 7) is 1.50. The van der Waals surface area contributed by atoms with Gasteiger partial charge in [0.15, 0.2) is 0 Å². The molecule has 1 saturated carbocycles. The summed E-state index contributed by atoms with van der Waals surface area (Å²) in [5.41, 5.74) is 0.221. The van der Waals surface area contributed by atoms with Crippen molar-refractivity contribution in [1.29, 1.82) is 0 Å². The van der Waals surface area contributed by atoms with Crippen LogP contribution in [0.4, 0.5) is 0 Å². The molecule has 0 aromatic heterocycles. The number of aliphatic carboxylic acids is 1. The van der Waals surface area contributed by atoms with Gasteiger partial charge in [-0.15, -0.1) is 0 Å². The summed E-state index contributed by atoms with van der Waals surface area (Å²) in [4.78, 5) is 22.0. The number of nitrogens with one attached hydrogen (secondary N) is 1. The van der Waals surface area contributed by atoms with E-state index < -0.39 is 5.97 Å². The number of amides is 1. The number of carboxylic acid groups (broad SMARTS) is 1. The lowest BCUT2D eigenvalue weighted by Gasteiger charge is -2.22. The number of hydrogen-bond donors (Lipinski definition) is 2. The van der Waals surface area contributed by atoms with Crippen molar-refractivity contribution in [3.05, 3.63) is 11.6 Å². The van der Waals surface area contributed by atoms with Crippen molar-refractivity contribution in [2.75, 3.05) is 0 Å². The average molecular weight is 225 g/mol. The number of carbonyl (C=O) groups is 2. The van der Waals surface area contributed by atoms with Crippen molar-refractivity contribution < 1.29 is 14.7 Å². The van der Waals surface area contributed by atoms with E-state index in [4.69, 9.17) is 5.11 Å². The van der Waals surface area contributed by atoms with Gasteiger partial charge in [-0.05, 0) is 19.8 Å². The molecule has 1 rings (SSSR count). The molecule has 2 N–H and O–H groups in total. The van der Waals surface area contributed by atoms with E-state index in [-0.39, 0.29) is 17.9 Å². The highest BCUT2D eigenvalue weighted by Crippen LogP contribution is 2.17. The molecule has 1 fully saturated rings. The second-order valence-electron chi connectivity index (χ2n) is 4.30. The van der Waals surface area contributed by atoms with Crippen molar-refractivity contribution in [1.82, 2.24) is 5.32 Å². The number of hydrogen-bond acceptors (Lipinski definition) is 2. The first-order valence-electron chi connectivity index (χ1n) is 5.79. The molecule has 4 nitrogen and oxygen atoms in total. The third-order valence-corrected chi connectivity index (χ3v) is 2.90. The summed E-state index contributed by atoms with van der Waals surface area (Å²) in [6, 6.07) is 0.291. The molecule has 0 atom stereocenters. The van der Waals surface area contributed by atoms with E-state index in [1.165, 1.54) is 32.3 Å². The summed E-state index contributed by atoms with van der Waals surface area (Å²) in [7, 11) is 0. The summed E-state index contributed by atoms with van der Waals surface area (Å²) in [5, 5.41) is 11.6. The standard InChI is InChI=1S/C12H19NO3/c1-9(12(15)16)7-8-11(14)13-10-5-3-2-4-6-10/h7,10H,2-6,8H2,1H3,(H,13,14)(H,15,16)/b9-7+. The smallest absolute Gasteiger partial charge is 0.330 e. The quantitative estimate of drug-likeness (QED) is 0.718. The van der Waals surface area contributed by atoms with Gasteiger partial charge >= 0.3 is 5.97 Å². The largest absolute Gasteiger partial charge is 0.478 e. The Balaban J connectivity index is 2.30. The maximum atomic E-state index is 11.5. The Bertz CT molecular complexity index is 291. The molecule has 0 aromatic carbocycles. The fraction of sp³-hybridized carbons (Fsp3) is 0.667. The van der Waals surface area contributed by atoms with Crippen LogP contribution in [0.15, 0.2) is 11.6 Å². The van der Waals surface area contributed by atoms with Gasteiger partial charge in [0.2, 0.25) is 5.91 Å². The lowest BCUT2D eigenvalue weighted by molar-refractivity contribution is -0.132. The van der Waals surface area contributed by atoms with E-state index in [1.54, 1.807) is 0 Å². The first-order chi connectivity index (χ1) is 7.59. The monoisotopic (exact) mass is 225 g/mol. The van der Waals surface area contributed by atoms with Crippen LogP contribution in [0, 0.1) is 0 Å². The van der Waals surface area contributed by atoms with Crippen LogP contribution in [0.25, 0.3) is 0 Å². The zero-order valence-electron chi connectivity index (χ0n) is 9.66. The minimum absolute atomic E-state index is 0.0764. The molecule has 4 heteroatoms. The lowest BCUT2D eigenvalue weighted by atomic mass is 9.95. The van der Waals surface area contributed by atoms with Gasteiger partial charge in [-0.1, -0.05) is 25.3 Å². The summed E-state index contributed by atoms with van der Waals surface area (Å²) in [6.07, 6.45) is 7.32. The lowest BCUT2D eigenvalue weighted by Crippen LogP contribution is -2.35. The topological polar surface area (TPSA) is 66.4 Å². The molecule has 16 heavy (non-hydrogen) atoms. The van der Waals surface area contributed by atoms with Crippen molar-refractivity contribution in [2.45, 2.75) is 51.5 Å². The Morgan fingerprint density at radius 2 is 1.94 bits per heavy atom. The molecule has 0 aromatic rings. The maximum absolute atomic E-state index is 11.5. The predicted molar refractivity (Wildman–Crippen MR) is 61.0 cm³/mol. The van der Waals surface area contributed by atoms with Crippen LogP contribution >= 0.6 is 0 Å². The van der Waals surface area contributed by atoms with E-state index >= 15 is 0 Å². The predicted octanol–water partition coefficient (Wildman–Crippen LogP) is 1.86. The summed E-state index contributed by atoms with van der Waals surface area (Å²) < 4.78 is 0. The van der Waals surface area contributed by atoms with E-state index in [2.05, 4.69) is 5.32 Å². The third-order valence-electron chi connectivity index (χ3n) is 2.90. The number of rotatable bonds is 4. The molecule has 1 amide bonds. The molecule has 1 aliphatic carbocycles. The van der Waals surface area contributed by atoms with Gasteiger partial charge in [0, 0.05) is 18.0 Å². The zero-order chi connectivity index (χ0) is 12.0. The highest BCUT2D eigenvalue weighted by Gasteiger charge is 2.14.